The van der Waals surface area contributed by atoms with Gasteiger partial charge in [-0.15, -0.1) is 0 Å². The molecule has 0 spiro atoms. The molecule has 0 saturated carbocycles. The molecule has 0 aliphatic carbocycles. The molecule has 0 amide bonds. The first-order valence-electron chi connectivity index (χ1n) is 6.12. The standard InChI is InChI=1S/C15H19N3/c1-12(13-8-6-7-11-16-13)17-14-9-4-5-10-15(14)18(2)3/h4-12,17H,1-3H3. The van der Waals surface area contributed by atoms with E-state index in [2.05, 4.69) is 34.3 Å². The summed E-state index contributed by atoms with van der Waals surface area (Å²) in [4.78, 5) is 6.48. The molecule has 1 N–H and O–H groups in total. The van der Waals surface area contributed by atoms with E-state index < -0.39 is 0 Å². The summed E-state index contributed by atoms with van der Waals surface area (Å²) >= 11 is 0. The minimum atomic E-state index is 0.187. The largest absolute Gasteiger partial charge is 0.376 e. The van der Waals surface area contributed by atoms with Crippen molar-refractivity contribution in [3.8, 4) is 0 Å². The minimum absolute atomic E-state index is 0.187. The highest BCUT2D eigenvalue weighted by molar-refractivity contribution is 5.69. The third kappa shape index (κ3) is 2.80. The van der Waals surface area contributed by atoms with E-state index in [1.54, 1.807) is 0 Å². The smallest absolute Gasteiger partial charge is 0.0657 e. The molecule has 0 bridgehead atoms. The number of pyridine rings is 1. The van der Waals surface area contributed by atoms with Gasteiger partial charge in [0.2, 0.25) is 0 Å². The zero-order valence-electron chi connectivity index (χ0n) is 11.1. The van der Waals surface area contributed by atoms with E-state index >= 15 is 0 Å². The van der Waals surface area contributed by atoms with E-state index in [0.29, 0.717) is 0 Å². The molecule has 94 valence electrons. The predicted molar refractivity (Wildman–Crippen MR) is 77.0 cm³/mol. The monoisotopic (exact) mass is 241 g/mol. The van der Waals surface area contributed by atoms with E-state index in [0.717, 1.165) is 11.4 Å². The molecule has 2 aromatic rings. The molecular weight excluding hydrogens is 222 g/mol. The van der Waals surface area contributed by atoms with Gasteiger partial charge in [0.15, 0.2) is 0 Å². The van der Waals surface area contributed by atoms with E-state index in [9.17, 15) is 0 Å². The van der Waals surface area contributed by atoms with Gasteiger partial charge < -0.3 is 10.2 Å². The Morgan fingerprint density at radius 1 is 1.06 bits per heavy atom. The summed E-state index contributed by atoms with van der Waals surface area (Å²) in [5, 5.41) is 3.50. The van der Waals surface area contributed by atoms with Crippen LogP contribution in [0.15, 0.2) is 48.7 Å². The Kier molecular flexibility index (Phi) is 3.82. The van der Waals surface area contributed by atoms with Crippen molar-refractivity contribution in [1.82, 2.24) is 4.98 Å². The molecule has 2 rings (SSSR count). The van der Waals surface area contributed by atoms with Crippen molar-refractivity contribution < 1.29 is 0 Å². The van der Waals surface area contributed by atoms with Gasteiger partial charge in [-0.2, -0.15) is 0 Å². The maximum Gasteiger partial charge on any atom is 0.0657 e. The Balaban J connectivity index is 2.19. The number of hydrogen-bond donors (Lipinski definition) is 1. The second kappa shape index (κ2) is 5.54. The summed E-state index contributed by atoms with van der Waals surface area (Å²) in [6, 6.07) is 14.5. The molecular formula is C15H19N3. The maximum absolute atomic E-state index is 4.37. The van der Waals surface area contributed by atoms with Crippen molar-refractivity contribution in [3.63, 3.8) is 0 Å². The van der Waals surface area contributed by atoms with Crippen molar-refractivity contribution in [3.05, 3.63) is 54.4 Å². The van der Waals surface area contributed by atoms with Crippen LogP contribution < -0.4 is 10.2 Å². The topological polar surface area (TPSA) is 28.2 Å². The third-order valence-electron chi connectivity index (χ3n) is 2.89. The highest BCUT2D eigenvalue weighted by atomic mass is 15.1. The number of hydrogen-bond acceptors (Lipinski definition) is 3. The molecule has 0 aliphatic heterocycles. The fraction of sp³-hybridized carbons (Fsp3) is 0.267. The van der Waals surface area contributed by atoms with Crippen molar-refractivity contribution in [2.45, 2.75) is 13.0 Å². The maximum atomic E-state index is 4.37. The van der Waals surface area contributed by atoms with Crippen LogP contribution in [0.4, 0.5) is 11.4 Å². The molecule has 3 nitrogen and oxygen atoms in total. The van der Waals surface area contributed by atoms with Crippen LogP contribution in [-0.2, 0) is 0 Å². The fourth-order valence-electron chi connectivity index (χ4n) is 1.92. The van der Waals surface area contributed by atoms with Crippen LogP contribution >= 0.6 is 0 Å². The summed E-state index contributed by atoms with van der Waals surface area (Å²) in [5.41, 5.74) is 3.35. The molecule has 0 saturated heterocycles. The quantitative estimate of drug-likeness (QED) is 0.890. The van der Waals surface area contributed by atoms with Crippen molar-refractivity contribution in [2.75, 3.05) is 24.3 Å². The Morgan fingerprint density at radius 2 is 1.78 bits per heavy atom. The molecule has 0 aliphatic rings. The Hall–Kier alpha value is -2.03. The zero-order valence-corrected chi connectivity index (χ0v) is 11.1. The molecule has 1 heterocycles. The van der Waals surface area contributed by atoms with Gasteiger partial charge in [0, 0.05) is 20.3 Å². The van der Waals surface area contributed by atoms with Gasteiger partial charge in [0.05, 0.1) is 23.1 Å². The van der Waals surface area contributed by atoms with Crippen molar-refractivity contribution in [2.24, 2.45) is 0 Å². The predicted octanol–water partition coefficient (Wildman–Crippen LogP) is 3.32. The molecule has 0 radical (unpaired) electrons. The molecule has 0 fully saturated rings. The second-order valence-corrected chi connectivity index (χ2v) is 4.53. The lowest BCUT2D eigenvalue weighted by molar-refractivity contribution is 0.838. The third-order valence-corrected chi connectivity index (χ3v) is 2.89. The van der Waals surface area contributed by atoms with Crippen LogP contribution in [0.25, 0.3) is 0 Å². The molecule has 1 atom stereocenters. The van der Waals surface area contributed by atoms with Gasteiger partial charge in [0.25, 0.3) is 0 Å². The molecule has 3 heteroatoms. The van der Waals surface area contributed by atoms with Crippen LogP contribution in [0.5, 0.6) is 0 Å². The fourth-order valence-corrected chi connectivity index (χ4v) is 1.92. The van der Waals surface area contributed by atoms with Crippen molar-refractivity contribution in [1.29, 1.82) is 0 Å². The SMILES string of the molecule is CC(Nc1ccccc1N(C)C)c1ccccn1. The van der Waals surface area contributed by atoms with Gasteiger partial charge in [-0.05, 0) is 31.2 Å². The zero-order chi connectivity index (χ0) is 13.0. The summed E-state index contributed by atoms with van der Waals surface area (Å²) in [5.74, 6) is 0. The summed E-state index contributed by atoms with van der Waals surface area (Å²) in [6.45, 7) is 2.12. The number of anilines is 2. The Bertz CT molecular complexity index is 494. The normalized spacial score (nSPS) is 11.9. The van der Waals surface area contributed by atoms with Crippen LogP contribution in [0, 0.1) is 0 Å². The number of nitrogens with zero attached hydrogens (tertiary/aromatic N) is 2. The van der Waals surface area contributed by atoms with E-state index in [1.165, 1.54) is 5.69 Å². The van der Waals surface area contributed by atoms with Crippen LogP contribution in [0.2, 0.25) is 0 Å². The number of nitrogens with one attached hydrogen (secondary N) is 1. The summed E-state index contributed by atoms with van der Waals surface area (Å²) in [7, 11) is 4.10. The van der Waals surface area contributed by atoms with E-state index in [-0.39, 0.29) is 6.04 Å². The van der Waals surface area contributed by atoms with Gasteiger partial charge in [-0.1, -0.05) is 18.2 Å². The first-order chi connectivity index (χ1) is 8.68. The first kappa shape index (κ1) is 12.4. The average molecular weight is 241 g/mol. The van der Waals surface area contributed by atoms with Gasteiger partial charge in [-0.3, -0.25) is 4.98 Å². The van der Waals surface area contributed by atoms with Crippen LogP contribution in [0.1, 0.15) is 18.7 Å². The van der Waals surface area contributed by atoms with E-state index in [1.807, 2.05) is 50.6 Å². The number of para-hydroxylation sites is 2. The lowest BCUT2D eigenvalue weighted by Gasteiger charge is -2.21. The Labute approximate surface area is 108 Å². The van der Waals surface area contributed by atoms with Crippen molar-refractivity contribution >= 4 is 11.4 Å². The second-order valence-electron chi connectivity index (χ2n) is 4.53. The molecule has 18 heavy (non-hydrogen) atoms. The summed E-state index contributed by atoms with van der Waals surface area (Å²) in [6.07, 6.45) is 1.82. The average Bonchev–Trinajstić information content (AvgIpc) is 2.40. The molecule has 1 unspecified atom stereocenters. The van der Waals surface area contributed by atoms with Crippen LogP contribution in [0.3, 0.4) is 0 Å². The van der Waals surface area contributed by atoms with Crippen LogP contribution in [-0.4, -0.2) is 19.1 Å². The highest BCUT2D eigenvalue weighted by Crippen LogP contribution is 2.27. The Morgan fingerprint density at radius 3 is 2.44 bits per heavy atom. The molecule has 1 aromatic heterocycles. The van der Waals surface area contributed by atoms with Gasteiger partial charge >= 0.3 is 0 Å². The first-order valence-corrected chi connectivity index (χ1v) is 6.12. The lowest BCUT2D eigenvalue weighted by Crippen LogP contribution is -2.14. The van der Waals surface area contributed by atoms with E-state index in [4.69, 9.17) is 0 Å². The number of aromatic nitrogens is 1. The van der Waals surface area contributed by atoms with Gasteiger partial charge in [0.1, 0.15) is 0 Å². The lowest BCUT2D eigenvalue weighted by atomic mass is 10.2. The van der Waals surface area contributed by atoms with Gasteiger partial charge in [-0.25, -0.2) is 0 Å². The summed E-state index contributed by atoms with van der Waals surface area (Å²) < 4.78 is 0. The molecule has 1 aromatic carbocycles. The number of rotatable bonds is 4. The number of benzene rings is 1. The highest BCUT2D eigenvalue weighted by Gasteiger charge is 2.09. The minimum Gasteiger partial charge on any atom is -0.376 e.